The van der Waals surface area contributed by atoms with Crippen molar-refractivity contribution < 1.29 is 14.0 Å². The first-order chi connectivity index (χ1) is 16.4. The van der Waals surface area contributed by atoms with Crippen LogP contribution < -0.4 is 15.7 Å². The molecule has 34 heavy (non-hydrogen) atoms. The SMILES string of the molecule is CC(C)(C)[Si](O[C@@H]1C=CC[C@@H]1NC(=O)OCc1ccccc1)(c1ccccc1)c1ccccc1. The average molecular weight is 472 g/mol. The summed E-state index contributed by atoms with van der Waals surface area (Å²) in [4.78, 5) is 12.6. The van der Waals surface area contributed by atoms with Crippen LogP contribution in [0.25, 0.3) is 0 Å². The summed E-state index contributed by atoms with van der Waals surface area (Å²) >= 11 is 0. The van der Waals surface area contributed by atoms with Crippen molar-refractivity contribution in [3.05, 3.63) is 109 Å². The molecule has 0 aliphatic heterocycles. The van der Waals surface area contributed by atoms with Crippen LogP contribution >= 0.6 is 0 Å². The summed E-state index contributed by atoms with van der Waals surface area (Å²) in [6.45, 7) is 7.02. The van der Waals surface area contributed by atoms with Crippen LogP contribution in [0.2, 0.25) is 5.04 Å². The maximum Gasteiger partial charge on any atom is 0.407 e. The summed E-state index contributed by atoms with van der Waals surface area (Å²) in [7, 11) is -2.72. The summed E-state index contributed by atoms with van der Waals surface area (Å²) in [5, 5.41) is 5.36. The van der Waals surface area contributed by atoms with Crippen molar-refractivity contribution in [1.82, 2.24) is 5.32 Å². The normalized spacial score (nSPS) is 18.0. The Morgan fingerprint density at radius 1 is 0.882 bits per heavy atom. The molecule has 0 unspecified atom stereocenters. The minimum absolute atomic E-state index is 0.134. The fraction of sp³-hybridized carbons (Fsp3) is 0.276. The number of benzene rings is 3. The highest BCUT2D eigenvalue weighted by atomic mass is 28.4. The maximum atomic E-state index is 12.6. The fourth-order valence-electron chi connectivity index (χ4n) is 4.70. The Labute approximate surface area is 203 Å². The Morgan fingerprint density at radius 2 is 1.41 bits per heavy atom. The van der Waals surface area contributed by atoms with Crippen molar-refractivity contribution in [2.75, 3.05) is 0 Å². The second kappa shape index (κ2) is 10.4. The molecule has 0 aromatic heterocycles. The molecule has 1 aliphatic rings. The maximum absolute atomic E-state index is 12.6. The summed E-state index contributed by atoms with van der Waals surface area (Å²) in [6, 6.07) is 30.6. The van der Waals surface area contributed by atoms with Crippen molar-refractivity contribution >= 4 is 24.8 Å². The van der Waals surface area contributed by atoms with Crippen LogP contribution in [-0.2, 0) is 15.8 Å². The van der Waals surface area contributed by atoms with Crippen molar-refractivity contribution in [3.8, 4) is 0 Å². The first kappa shape index (κ1) is 24.0. The highest BCUT2D eigenvalue weighted by molar-refractivity contribution is 6.99. The average Bonchev–Trinajstić information content (AvgIpc) is 3.28. The van der Waals surface area contributed by atoms with Gasteiger partial charge in [0.15, 0.2) is 0 Å². The Bertz CT molecular complexity index is 1050. The molecule has 3 aromatic carbocycles. The predicted octanol–water partition coefficient (Wildman–Crippen LogP) is 5.19. The molecular formula is C29H33NO3Si. The van der Waals surface area contributed by atoms with Gasteiger partial charge in [-0.15, -0.1) is 0 Å². The lowest BCUT2D eigenvalue weighted by atomic mass is 10.2. The molecule has 4 nitrogen and oxygen atoms in total. The molecule has 0 saturated heterocycles. The first-order valence-electron chi connectivity index (χ1n) is 11.8. The van der Waals surface area contributed by atoms with Crippen molar-refractivity contribution in [2.24, 2.45) is 0 Å². The highest BCUT2D eigenvalue weighted by Crippen LogP contribution is 2.38. The summed E-state index contributed by atoms with van der Waals surface area (Å²) < 4.78 is 12.7. The molecule has 1 N–H and O–H groups in total. The molecule has 0 fully saturated rings. The van der Waals surface area contributed by atoms with Crippen molar-refractivity contribution in [2.45, 2.75) is 51.0 Å². The first-order valence-corrected chi connectivity index (χ1v) is 13.7. The van der Waals surface area contributed by atoms with E-state index in [4.69, 9.17) is 9.16 Å². The standard InChI is InChI=1S/C29H33NO3Si/c1-29(2,3)34(24-16-9-5-10-17-24,25-18-11-6-12-19-25)33-27-21-13-20-26(27)30-28(31)32-22-23-14-7-4-8-15-23/h4-19,21,26-27H,20,22H2,1-3H3,(H,30,31)/t26-,27+/m0/s1. The molecule has 0 radical (unpaired) electrons. The van der Waals surface area contributed by atoms with Crippen LogP contribution in [0, 0.1) is 0 Å². The van der Waals surface area contributed by atoms with Crippen LogP contribution in [0.5, 0.6) is 0 Å². The zero-order chi connectivity index (χ0) is 24.0. The minimum Gasteiger partial charge on any atom is -0.445 e. The zero-order valence-corrected chi connectivity index (χ0v) is 21.1. The second-order valence-corrected chi connectivity index (χ2v) is 14.0. The molecule has 1 amide bonds. The van der Waals surface area contributed by atoms with Crippen LogP contribution in [0.1, 0.15) is 32.8 Å². The van der Waals surface area contributed by atoms with Crippen LogP contribution in [0.15, 0.2) is 103 Å². The van der Waals surface area contributed by atoms with Gasteiger partial charge in [0.1, 0.15) is 6.61 Å². The van der Waals surface area contributed by atoms with Gasteiger partial charge in [-0.1, -0.05) is 124 Å². The van der Waals surface area contributed by atoms with Crippen LogP contribution in [0.4, 0.5) is 4.79 Å². The second-order valence-electron chi connectivity index (χ2n) is 9.72. The van der Waals surface area contributed by atoms with Gasteiger partial charge in [-0.3, -0.25) is 0 Å². The Hall–Kier alpha value is -3.15. The van der Waals surface area contributed by atoms with Gasteiger partial charge in [0.2, 0.25) is 0 Å². The monoisotopic (exact) mass is 471 g/mol. The highest BCUT2D eigenvalue weighted by Gasteiger charge is 2.52. The number of alkyl carbamates (subject to hydrolysis) is 1. The van der Waals surface area contributed by atoms with E-state index in [1.807, 2.05) is 42.5 Å². The number of nitrogens with one attached hydrogen (secondary N) is 1. The summed E-state index contributed by atoms with van der Waals surface area (Å²) in [6.07, 6.45) is 4.22. The molecule has 3 aromatic rings. The van der Waals surface area contributed by atoms with Gasteiger partial charge in [0.05, 0.1) is 12.1 Å². The number of hydrogen-bond donors (Lipinski definition) is 1. The lowest BCUT2D eigenvalue weighted by Crippen LogP contribution is -2.68. The molecule has 5 heteroatoms. The number of hydrogen-bond acceptors (Lipinski definition) is 3. The van der Waals surface area contributed by atoms with Crippen LogP contribution in [0.3, 0.4) is 0 Å². The number of ether oxygens (including phenoxy) is 1. The quantitative estimate of drug-likeness (QED) is 0.381. The summed E-state index contributed by atoms with van der Waals surface area (Å²) in [5.41, 5.74) is 0.960. The topological polar surface area (TPSA) is 47.6 Å². The van der Waals surface area contributed by atoms with E-state index < -0.39 is 14.4 Å². The molecule has 0 spiro atoms. The van der Waals surface area contributed by atoms with E-state index in [1.54, 1.807) is 0 Å². The Balaban J connectivity index is 1.58. The number of carbonyl (C=O) groups excluding carboxylic acids is 1. The molecule has 0 bridgehead atoms. The lowest BCUT2D eigenvalue weighted by Gasteiger charge is -2.45. The van der Waals surface area contributed by atoms with Gasteiger partial charge < -0.3 is 14.5 Å². The predicted molar refractivity (Wildman–Crippen MR) is 140 cm³/mol. The zero-order valence-electron chi connectivity index (χ0n) is 20.1. The third kappa shape index (κ3) is 5.16. The third-order valence-electron chi connectivity index (χ3n) is 6.36. The molecule has 1 aliphatic carbocycles. The van der Waals surface area contributed by atoms with Gasteiger partial charge in [0.25, 0.3) is 8.32 Å². The number of carbonyl (C=O) groups is 1. The lowest BCUT2D eigenvalue weighted by molar-refractivity contribution is 0.124. The van der Waals surface area contributed by atoms with E-state index in [1.165, 1.54) is 10.4 Å². The van der Waals surface area contributed by atoms with E-state index in [2.05, 4.69) is 86.8 Å². The minimum atomic E-state index is -2.72. The van der Waals surface area contributed by atoms with Gasteiger partial charge in [-0.2, -0.15) is 0 Å². The van der Waals surface area contributed by atoms with E-state index >= 15 is 0 Å². The van der Waals surface area contributed by atoms with E-state index in [0.29, 0.717) is 6.42 Å². The van der Waals surface area contributed by atoms with E-state index in [9.17, 15) is 4.79 Å². The van der Waals surface area contributed by atoms with E-state index in [0.717, 1.165) is 5.56 Å². The molecule has 4 rings (SSSR count). The molecule has 0 heterocycles. The third-order valence-corrected chi connectivity index (χ3v) is 11.4. The van der Waals surface area contributed by atoms with Gasteiger partial charge in [-0.05, 0) is 27.4 Å². The molecular weight excluding hydrogens is 438 g/mol. The largest absolute Gasteiger partial charge is 0.445 e. The fourth-order valence-corrected chi connectivity index (χ4v) is 9.37. The molecule has 0 saturated carbocycles. The smallest absolute Gasteiger partial charge is 0.407 e. The van der Waals surface area contributed by atoms with Gasteiger partial charge >= 0.3 is 6.09 Å². The van der Waals surface area contributed by atoms with Crippen molar-refractivity contribution in [3.63, 3.8) is 0 Å². The van der Waals surface area contributed by atoms with Gasteiger partial charge in [0, 0.05) is 0 Å². The molecule has 2 atom stereocenters. The molecule has 176 valence electrons. The Kier molecular flexibility index (Phi) is 7.34. The van der Waals surface area contributed by atoms with E-state index in [-0.39, 0.29) is 23.8 Å². The number of amides is 1. The Morgan fingerprint density at radius 3 is 1.94 bits per heavy atom. The van der Waals surface area contributed by atoms with Crippen molar-refractivity contribution in [1.29, 1.82) is 0 Å². The summed E-state index contributed by atoms with van der Waals surface area (Å²) in [5.74, 6) is 0. The van der Waals surface area contributed by atoms with Gasteiger partial charge in [-0.25, -0.2) is 4.79 Å². The number of rotatable bonds is 7. The van der Waals surface area contributed by atoms with Crippen LogP contribution in [-0.4, -0.2) is 26.6 Å².